The van der Waals surface area contributed by atoms with Crippen LogP contribution < -0.4 is 5.73 Å². The van der Waals surface area contributed by atoms with Gasteiger partial charge in [0.25, 0.3) is 0 Å². The standard InChI is InChI=1S/C12H21NO2/c1-12(2,3)11(13)7-10(14)9-5-4-6-15-8-9/h8,11H,4-7,13H2,1-3H3. The minimum Gasteiger partial charge on any atom is -0.501 e. The third kappa shape index (κ3) is 3.67. The Bertz CT molecular complexity index is 263. The van der Waals surface area contributed by atoms with Crippen molar-refractivity contribution in [3.63, 3.8) is 0 Å². The third-order valence-electron chi connectivity index (χ3n) is 2.81. The SMILES string of the molecule is CC(C)(C)C(N)CC(=O)C1=COCCC1. The lowest BCUT2D eigenvalue weighted by atomic mass is 9.83. The quantitative estimate of drug-likeness (QED) is 0.777. The van der Waals surface area contributed by atoms with Gasteiger partial charge in [-0.25, -0.2) is 0 Å². The van der Waals surface area contributed by atoms with Crippen molar-refractivity contribution in [1.82, 2.24) is 0 Å². The average Bonchev–Trinajstić information content (AvgIpc) is 2.17. The Morgan fingerprint density at radius 1 is 1.60 bits per heavy atom. The molecule has 1 heterocycles. The maximum absolute atomic E-state index is 11.8. The van der Waals surface area contributed by atoms with Gasteiger partial charge in [-0.2, -0.15) is 0 Å². The monoisotopic (exact) mass is 211 g/mol. The van der Waals surface area contributed by atoms with Crippen molar-refractivity contribution in [3.05, 3.63) is 11.8 Å². The number of allylic oxidation sites excluding steroid dienone is 1. The number of rotatable bonds is 3. The van der Waals surface area contributed by atoms with E-state index >= 15 is 0 Å². The lowest BCUT2D eigenvalue weighted by Crippen LogP contribution is -2.37. The van der Waals surface area contributed by atoms with Crippen molar-refractivity contribution in [2.24, 2.45) is 11.1 Å². The van der Waals surface area contributed by atoms with Gasteiger partial charge in [0.1, 0.15) is 0 Å². The highest BCUT2D eigenvalue weighted by Crippen LogP contribution is 2.22. The van der Waals surface area contributed by atoms with Crippen molar-refractivity contribution >= 4 is 5.78 Å². The van der Waals surface area contributed by atoms with Crippen molar-refractivity contribution in [2.45, 2.75) is 46.1 Å². The van der Waals surface area contributed by atoms with Crippen LogP contribution >= 0.6 is 0 Å². The molecule has 0 aliphatic carbocycles. The molecule has 0 aromatic rings. The molecule has 1 aliphatic heterocycles. The Balaban J connectivity index is 2.52. The molecule has 3 nitrogen and oxygen atoms in total. The summed E-state index contributed by atoms with van der Waals surface area (Å²) < 4.78 is 5.15. The minimum absolute atomic E-state index is 0.0221. The van der Waals surface area contributed by atoms with Crippen molar-refractivity contribution < 1.29 is 9.53 Å². The second kappa shape index (κ2) is 4.79. The molecular formula is C12H21NO2. The molecule has 2 N–H and O–H groups in total. The molecule has 1 atom stereocenters. The van der Waals surface area contributed by atoms with Gasteiger partial charge in [-0.1, -0.05) is 20.8 Å². The van der Waals surface area contributed by atoms with E-state index in [-0.39, 0.29) is 17.2 Å². The molecule has 1 rings (SSSR count). The highest BCUT2D eigenvalue weighted by molar-refractivity contribution is 5.95. The van der Waals surface area contributed by atoms with Crippen LogP contribution in [0.3, 0.4) is 0 Å². The molecule has 0 amide bonds. The molecule has 15 heavy (non-hydrogen) atoms. The van der Waals surface area contributed by atoms with Gasteiger partial charge in [0.2, 0.25) is 0 Å². The van der Waals surface area contributed by atoms with Gasteiger partial charge in [0.15, 0.2) is 5.78 Å². The molecule has 0 saturated carbocycles. The first-order valence-electron chi connectivity index (χ1n) is 5.50. The summed E-state index contributed by atoms with van der Waals surface area (Å²) in [6, 6.07) is -0.0900. The summed E-state index contributed by atoms with van der Waals surface area (Å²) in [5.41, 5.74) is 6.74. The maximum atomic E-state index is 11.8. The van der Waals surface area contributed by atoms with Crippen LogP contribution in [0.15, 0.2) is 11.8 Å². The Labute approximate surface area is 91.7 Å². The molecule has 0 radical (unpaired) electrons. The minimum atomic E-state index is -0.0900. The zero-order chi connectivity index (χ0) is 11.5. The fourth-order valence-corrected chi connectivity index (χ4v) is 1.41. The van der Waals surface area contributed by atoms with E-state index in [2.05, 4.69) is 20.8 Å². The zero-order valence-electron chi connectivity index (χ0n) is 9.88. The van der Waals surface area contributed by atoms with E-state index in [0.29, 0.717) is 6.42 Å². The number of Topliss-reactive ketones (excluding diaryl/α,β-unsaturated/α-hetero) is 1. The lowest BCUT2D eigenvalue weighted by molar-refractivity contribution is -0.116. The molecule has 3 heteroatoms. The first-order chi connectivity index (χ1) is 6.91. The van der Waals surface area contributed by atoms with E-state index in [1.807, 2.05) is 0 Å². The summed E-state index contributed by atoms with van der Waals surface area (Å²) >= 11 is 0. The van der Waals surface area contributed by atoms with Crippen LogP contribution in [0.5, 0.6) is 0 Å². The number of carbonyl (C=O) groups excluding carboxylic acids is 1. The normalized spacial score (nSPS) is 19.1. The zero-order valence-corrected chi connectivity index (χ0v) is 9.88. The molecular weight excluding hydrogens is 190 g/mol. The van der Waals surface area contributed by atoms with Crippen molar-refractivity contribution in [2.75, 3.05) is 6.61 Å². The first kappa shape index (κ1) is 12.2. The summed E-state index contributed by atoms with van der Waals surface area (Å²) in [4.78, 5) is 11.8. The fourth-order valence-electron chi connectivity index (χ4n) is 1.41. The van der Waals surface area contributed by atoms with E-state index in [1.54, 1.807) is 6.26 Å². The predicted molar refractivity (Wildman–Crippen MR) is 60.3 cm³/mol. The lowest BCUT2D eigenvalue weighted by Gasteiger charge is -2.27. The van der Waals surface area contributed by atoms with Gasteiger partial charge in [-0.3, -0.25) is 4.79 Å². The molecule has 1 unspecified atom stereocenters. The molecule has 0 fully saturated rings. The largest absolute Gasteiger partial charge is 0.501 e. The van der Waals surface area contributed by atoms with Gasteiger partial charge in [0.05, 0.1) is 12.9 Å². The number of ketones is 1. The van der Waals surface area contributed by atoms with Crippen LogP contribution in [0.25, 0.3) is 0 Å². The molecule has 0 aromatic carbocycles. The predicted octanol–water partition coefficient (Wildman–Crippen LogP) is 2.01. The summed E-state index contributed by atoms with van der Waals surface area (Å²) in [6.07, 6.45) is 3.78. The maximum Gasteiger partial charge on any atom is 0.163 e. The van der Waals surface area contributed by atoms with Gasteiger partial charge >= 0.3 is 0 Å². The average molecular weight is 211 g/mol. The molecule has 0 spiro atoms. The van der Waals surface area contributed by atoms with Crippen LogP contribution in [0.2, 0.25) is 0 Å². The smallest absolute Gasteiger partial charge is 0.163 e. The molecule has 1 aliphatic rings. The summed E-state index contributed by atoms with van der Waals surface area (Å²) in [6.45, 7) is 6.88. The second-order valence-electron chi connectivity index (χ2n) is 5.22. The number of carbonyl (C=O) groups is 1. The Morgan fingerprint density at radius 3 is 2.73 bits per heavy atom. The van der Waals surface area contributed by atoms with Crippen LogP contribution in [0.1, 0.15) is 40.0 Å². The summed E-state index contributed by atoms with van der Waals surface area (Å²) in [5, 5.41) is 0. The Morgan fingerprint density at radius 2 is 2.27 bits per heavy atom. The van der Waals surface area contributed by atoms with Crippen molar-refractivity contribution in [3.8, 4) is 0 Å². The number of ether oxygens (including phenoxy) is 1. The number of hydrogen-bond acceptors (Lipinski definition) is 3. The summed E-state index contributed by atoms with van der Waals surface area (Å²) in [7, 11) is 0. The van der Waals surface area contributed by atoms with E-state index in [9.17, 15) is 4.79 Å². The van der Waals surface area contributed by atoms with Gasteiger partial charge in [-0.05, 0) is 18.3 Å². The van der Waals surface area contributed by atoms with Gasteiger partial charge < -0.3 is 10.5 Å². The van der Waals surface area contributed by atoms with E-state index in [4.69, 9.17) is 10.5 Å². The highest BCUT2D eigenvalue weighted by Gasteiger charge is 2.25. The Hall–Kier alpha value is -0.830. The number of nitrogens with two attached hydrogens (primary N) is 1. The number of hydrogen-bond donors (Lipinski definition) is 1. The van der Waals surface area contributed by atoms with Crippen LogP contribution in [-0.2, 0) is 9.53 Å². The van der Waals surface area contributed by atoms with Gasteiger partial charge in [0, 0.05) is 18.0 Å². The topological polar surface area (TPSA) is 52.3 Å². The second-order valence-corrected chi connectivity index (χ2v) is 5.22. The van der Waals surface area contributed by atoms with Crippen LogP contribution in [0, 0.1) is 5.41 Å². The Kier molecular flexibility index (Phi) is 3.91. The molecule has 0 aromatic heterocycles. The van der Waals surface area contributed by atoms with E-state index < -0.39 is 0 Å². The van der Waals surface area contributed by atoms with Crippen LogP contribution in [-0.4, -0.2) is 18.4 Å². The third-order valence-corrected chi connectivity index (χ3v) is 2.81. The highest BCUT2D eigenvalue weighted by atomic mass is 16.5. The van der Waals surface area contributed by atoms with Crippen LogP contribution in [0.4, 0.5) is 0 Å². The summed E-state index contributed by atoms with van der Waals surface area (Å²) in [5.74, 6) is 0.136. The van der Waals surface area contributed by atoms with Crippen molar-refractivity contribution in [1.29, 1.82) is 0 Å². The fraction of sp³-hybridized carbons (Fsp3) is 0.750. The molecule has 86 valence electrons. The first-order valence-corrected chi connectivity index (χ1v) is 5.50. The molecule has 0 saturated heterocycles. The van der Waals surface area contributed by atoms with Gasteiger partial charge in [-0.15, -0.1) is 0 Å². The van der Waals surface area contributed by atoms with E-state index in [1.165, 1.54) is 0 Å². The molecule has 0 bridgehead atoms. The van der Waals surface area contributed by atoms with E-state index in [0.717, 1.165) is 25.0 Å².